The summed E-state index contributed by atoms with van der Waals surface area (Å²) in [6.45, 7) is 0. The zero-order chi connectivity index (χ0) is 14.4. The van der Waals surface area contributed by atoms with E-state index in [0.29, 0.717) is 6.42 Å². The SMILES string of the molecule is O[C@H]1CC(c2csc3ccccc23)Oc2cc(Br)ccc21. The van der Waals surface area contributed by atoms with Gasteiger partial charge < -0.3 is 9.84 Å². The van der Waals surface area contributed by atoms with E-state index in [2.05, 4.69) is 33.4 Å². The van der Waals surface area contributed by atoms with Gasteiger partial charge in [-0.05, 0) is 29.0 Å². The Bertz CT molecular complexity index is 811. The first-order valence-electron chi connectivity index (χ1n) is 6.82. The number of hydrogen-bond acceptors (Lipinski definition) is 3. The number of rotatable bonds is 1. The molecule has 106 valence electrons. The van der Waals surface area contributed by atoms with E-state index in [1.807, 2.05) is 30.3 Å². The summed E-state index contributed by atoms with van der Waals surface area (Å²) in [6, 6.07) is 14.1. The number of benzene rings is 2. The average molecular weight is 361 g/mol. The monoisotopic (exact) mass is 360 g/mol. The fourth-order valence-electron chi connectivity index (χ4n) is 2.85. The van der Waals surface area contributed by atoms with E-state index in [0.717, 1.165) is 15.8 Å². The summed E-state index contributed by atoms with van der Waals surface area (Å²) >= 11 is 5.18. The van der Waals surface area contributed by atoms with Crippen molar-refractivity contribution in [2.45, 2.75) is 18.6 Å². The maximum Gasteiger partial charge on any atom is 0.128 e. The van der Waals surface area contributed by atoms with Gasteiger partial charge in [-0.15, -0.1) is 11.3 Å². The quantitative estimate of drug-likeness (QED) is 0.644. The smallest absolute Gasteiger partial charge is 0.128 e. The molecule has 1 unspecified atom stereocenters. The number of aliphatic hydroxyl groups excluding tert-OH is 1. The molecule has 1 aliphatic heterocycles. The standard InChI is InChI=1S/C17H13BrO2S/c18-10-5-6-12-14(19)8-16(20-15(12)7-10)13-9-21-17-4-2-1-3-11(13)17/h1-7,9,14,16,19H,8H2/t14-,16?/m0/s1. The van der Waals surface area contributed by atoms with Crippen molar-refractivity contribution in [1.29, 1.82) is 0 Å². The number of ether oxygens (including phenoxy) is 1. The van der Waals surface area contributed by atoms with Gasteiger partial charge in [0, 0.05) is 26.7 Å². The molecule has 1 N–H and O–H groups in total. The largest absolute Gasteiger partial charge is 0.485 e. The van der Waals surface area contributed by atoms with Crippen LogP contribution in [0.1, 0.15) is 29.8 Å². The topological polar surface area (TPSA) is 29.5 Å². The molecule has 2 nitrogen and oxygen atoms in total. The van der Waals surface area contributed by atoms with E-state index in [4.69, 9.17) is 4.74 Å². The van der Waals surface area contributed by atoms with Crippen molar-refractivity contribution in [3.05, 3.63) is 63.4 Å². The van der Waals surface area contributed by atoms with Crippen LogP contribution in [0, 0.1) is 0 Å². The predicted octanol–water partition coefficient (Wildman–Crippen LogP) is 5.22. The molecule has 4 rings (SSSR count). The summed E-state index contributed by atoms with van der Waals surface area (Å²) in [5.41, 5.74) is 2.04. The Morgan fingerprint density at radius 1 is 1.14 bits per heavy atom. The second-order valence-electron chi connectivity index (χ2n) is 5.23. The lowest BCUT2D eigenvalue weighted by atomic mass is 9.95. The normalized spacial score (nSPS) is 21.0. The Hall–Kier alpha value is -1.36. The number of fused-ring (bicyclic) bond motifs is 2. The van der Waals surface area contributed by atoms with Gasteiger partial charge in [0.2, 0.25) is 0 Å². The second kappa shape index (κ2) is 5.13. The molecule has 0 spiro atoms. The van der Waals surface area contributed by atoms with Gasteiger partial charge in [-0.25, -0.2) is 0 Å². The number of thiophene rings is 1. The average Bonchev–Trinajstić information content (AvgIpc) is 2.90. The lowest BCUT2D eigenvalue weighted by molar-refractivity contribution is 0.0665. The van der Waals surface area contributed by atoms with Crippen molar-refractivity contribution in [3.8, 4) is 5.75 Å². The minimum atomic E-state index is -0.481. The predicted molar refractivity (Wildman–Crippen MR) is 88.9 cm³/mol. The highest BCUT2D eigenvalue weighted by atomic mass is 79.9. The molecule has 1 aliphatic rings. The second-order valence-corrected chi connectivity index (χ2v) is 7.05. The molecule has 0 saturated carbocycles. The van der Waals surface area contributed by atoms with E-state index >= 15 is 0 Å². The molecule has 2 atom stereocenters. The number of halogens is 1. The lowest BCUT2D eigenvalue weighted by Gasteiger charge is -2.29. The maximum absolute atomic E-state index is 10.4. The van der Waals surface area contributed by atoms with Crippen LogP contribution in [-0.4, -0.2) is 5.11 Å². The first kappa shape index (κ1) is 13.3. The first-order chi connectivity index (χ1) is 10.2. The Balaban J connectivity index is 1.78. The van der Waals surface area contributed by atoms with Crippen LogP contribution in [0.15, 0.2) is 52.3 Å². The zero-order valence-electron chi connectivity index (χ0n) is 11.1. The van der Waals surface area contributed by atoms with E-state index in [1.54, 1.807) is 11.3 Å². The molecule has 21 heavy (non-hydrogen) atoms. The highest BCUT2D eigenvalue weighted by molar-refractivity contribution is 9.10. The molecule has 0 fully saturated rings. The van der Waals surface area contributed by atoms with Crippen LogP contribution < -0.4 is 4.74 Å². The van der Waals surface area contributed by atoms with Crippen LogP contribution >= 0.6 is 27.3 Å². The third-order valence-corrected chi connectivity index (χ3v) is 5.37. The maximum atomic E-state index is 10.4. The Morgan fingerprint density at radius 3 is 2.90 bits per heavy atom. The summed E-state index contributed by atoms with van der Waals surface area (Å²) in [7, 11) is 0. The number of aliphatic hydroxyl groups is 1. The van der Waals surface area contributed by atoms with Gasteiger partial charge in [0.25, 0.3) is 0 Å². The molecule has 0 radical (unpaired) electrons. The van der Waals surface area contributed by atoms with Gasteiger partial charge in [0.1, 0.15) is 11.9 Å². The van der Waals surface area contributed by atoms with Crippen LogP contribution in [0.25, 0.3) is 10.1 Å². The van der Waals surface area contributed by atoms with Gasteiger partial charge in [0.05, 0.1) is 6.10 Å². The van der Waals surface area contributed by atoms with Gasteiger partial charge in [-0.3, -0.25) is 0 Å². The van der Waals surface area contributed by atoms with E-state index in [-0.39, 0.29) is 6.10 Å². The van der Waals surface area contributed by atoms with Gasteiger partial charge in [-0.2, -0.15) is 0 Å². The fraction of sp³-hybridized carbons (Fsp3) is 0.176. The molecule has 0 bridgehead atoms. The Labute approximate surface area is 135 Å². The van der Waals surface area contributed by atoms with E-state index < -0.39 is 6.10 Å². The minimum Gasteiger partial charge on any atom is -0.485 e. The third kappa shape index (κ3) is 2.27. The van der Waals surface area contributed by atoms with Crippen molar-refractivity contribution in [2.24, 2.45) is 0 Å². The molecule has 3 aromatic rings. The number of hydrogen-bond donors (Lipinski definition) is 1. The van der Waals surface area contributed by atoms with Crippen molar-refractivity contribution < 1.29 is 9.84 Å². The summed E-state index contributed by atoms with van der Waals surface area (Å²) in [5.74, 6) is 0.767. The van der Waals surface area contributed by atoms with Crippen molar-refractivity contribution in [3.63, 3.8) is 0 Å². The summed E-state index contributed by atoms with van der Waals surface area (Å²) in [5, 5.41) is 13.8. The van der Waals surface area contributed by atoms with E-state index in [9.17, 15) is 5.11 Å². The summed E-state index contributed by atoms with van der Waals surface area (Å²) < 4.78 is 8.37. The molecule has 2 aromatic carbocycles. The molecule has 0 amide bonds. The van der Waals surface area contributed by atoms with Gasteiger partial charge in [0.15, 0.2) is 0 Å². The van der Waals surface area contributed by atoms with Crippen LogP contribution in [-0.2, 0) is 0 Å². The molecule has 0 saturated heterocycles. The molecule has 4 heteroatoms. The Kier molecular flexibility index (Phi) is 3.25. The minimum absolute atomic E-state index is 0.0991. The van der Waals surface area contributed by atoms with Crippen LogP contribution in [0.5, 0.6) is 5.75 Å². The van der Waals surface area contributed by atoms with Crippen molar-refractivity contribution >= 4 is 37.4 Å². The molecule has 1 aromatic heterocycles. The molecule has 0 aliphatic carbocycles. The highest BCUT2D eigenvalue weighted by Crippen LogP contribution is 2.44. The highest BCUT2D eigenvalue weighted by Gasteiger charge is 2.29. The first-order valence-corrected chi connectivity index (χ1v) is 8.50. The summed E-state index contributed by atoms with van der Waals surface area (Å²) in [6.07, 6.45) is 0.0125. The van der Waals surface area contributed by atoms with Crippen LogP contribution in [0.4, 0.5) is 0 Å². The zero-order valence-corrected chi connectivity index (χ0v) is 13.5. The molecular formula is C17H13BrO2S. The third-order valence-electron chi connectivity index (χ3n) is 3.90. The van der Waals surface area contributed by atoms with Crippen LogP contribution in [0.3, 0.4) is 0 Å². The van der Waals surface area contributed by atoms with E-state index in [1.165, 1.54) is 15.6 Å². The molecular weight excluding hydrogens is 348 g/mol. The Morgan fingerprint density at radius 2 is 2.00 bits per heavy atom. The fourth-order valence-corrected chi connectivity index (χ4v) is 4.20. The van der Waals surface area contributed by atoms with Gasteiger partial charge in [-0.1, -0.05) is 40.2 Å². The van der Waals surface area contributed by atoms with Crippen molar-refractivity contribution in [2.75, 3.05) is 0 Å². The van der Waals surface area contributed by atoms with Crippen LogP contribution in [0.2, 0.25) is 0 Å². The van der Waals surface area contributed by atoms with Gasteiger partial charge >= 0.3 is 0 Å². The van der Waals surface area contributed by atoms with Crippen molar-refractivity contribution in [1.82, 2.24) is 0 Å². The molecule has 2 heterocycles. The lowest BCUT2D eigenvalue weighted by Crippen LogP contribution is -2.18. The summed E-state index contributed by atoms with van der Waals surface area (Å²) in [4.78, 5) is 0.